The van der Waals surface area contributed by atoms with E-state index >= 15 is 0 Å². The fourth-order valence-electron chi connectivity index (χ4n) is 4.02. The minimum absolute atomic E-state index is 0.182. The number of likely N-dealkylation sites (N-methyl/N-ethyl adjacent to an activating group) is 1. The Hall–Kier alpha value is -3.31. The van der Waals surface area contributed by atoms with Gasteiger partial charge in [0.05, 0.1) is 5.69 Å². The van der Waals surface area contributed by atoms with Gasteiger partial charge in [0.1, 0.15) is 5.82 Å². The van der Waals surface area contributed by atoms with Gasteiger partial charge in [-0.25, -0.2) is 4.39 Å². The van der Waals surface area contributed by atoms with Crippen molar-refractivity contribution in [2.24, 2.45) is 0 Å². The molecule has 4 aromatic rings. The lowest BCUT2D eigenvalue weighted by molar-refractivity contribution is 0.343. The number of hydrogen-bond donors (Lipinski definition) is 0. The maximum atomic E-state index is 14.1. The van der Waals surface area contributed by atoms with Crippen molar-refractivity contribution < 1.29 is 4.39 Å². The zero-order chi connectivity index (χ0) is 19.8. The van der Waals surface area contributed by atoms with E-state index in [2.05, 4.69) is 51.3 Å². The van der Waals surface area contributed by atoms with Gasteiger partial charge in [-0.1, -0.05) is 18.2 Å². The Bertz CT molecular complexity index is 1180. The van der Waals surface area contributed by atoms with Gasteiger partial charge in [0.15, 0.2) is 0 Å². The summed E-state index contributed by atoms with van der Waals surface area (Å²) in [7, 11) is 2.14. The first-order valence-electron chi connectivity index (χ1n) is 9.74. The van der Waals surface area contributed by atoms with Crippen molar-refractivity contribution in [3.63, 3.8) is 0 Å². The molecule has 0 atom stereocenters. The maximum absolute atomic E-state index is 14.1. The van der Waals surface area contributed by atoms with E-state index in [1.165, 1.54) is 17.3 Å². The first-order chi connectivity index (χ1) is 14.2. The third kappa shape index (κ3) is 3.34. The van der Waals surface area contributed by atoms with E-state index in [-0.39, 0.29) is 5.82 Å². The summed E-state index contributed by atoms with van der Waals surface area (Å²) >= 11 is 0. The maximum Gasteiger partial charge on any atom is 0.131 e. The summed E-state index contributed by atoms with van der Waals surface area (Å²) in [5, 5.41) is 9.82. The normalized spacial score (nSPS) is 14.6. The molecule has 0 unspecified atom stereocenters. The lowest BCUT2D eigenvalue weighted by Gasteiger charge is -2.25. The molecule has 1 aromatic heterocycles. The van der Waals surface area contributed by atoms with Crippen LogP contribution in [0.1, 0.15) is 5.56 Å². The fraction of sp³-hybridized carbons (Fsp3) is 0.167. The Labute approximate surface area is 169 Å². The van der Waals surface area contributed by atoms with Crippen LogP contribution in [-0.2, 0) is 6.54 Å². The first kappa shape index (κ1) is 17.8. The molecule has 0 saturated carbocycles. The molecule has 144 valence electrons. The Morgan fingerprint density at radius 3 is 2.72 bits per heavy atom. The summed E-state index contributed by atoms with van der Waals surface area (Å²) in [4.78, 5) is 4.64. The zero-order valence-corrected chi connectivity index (χ0v) is 16.2. The van der Waals surface area contributed by atoms with E-state index in [4.69, 9.17) is 0 Å². The van der Waals surface area contributed by atoms with Crippen LogP contribution in [0.4, 0.5) is 15.8 Å². The molecule has 0 amide bonds. The molecule has 29 heavy (non-hydrogen) atoms. The minimum atomic E-state index is -0.182. The van der Waals surface area contributed by atoms with Crippen molar-refractivity contribution in [2.45, 2.75) is 6.54 Å². The highest BCUT2D eigenvalue weighted by atomic mass is 19.1. The molecule has 1 aliphatic rings. The molecule has 5 rings (SSSR count). The number of benzene rings is 3. The third-order valence-corrected chi connectivity index (χ3v) is 5.51. The molecule has 0 saturated heterocycles. The molecule has 5 heteroatoms. The molecule has 2 heterocycles. The van der Waals surface area contributed by atoms with Crippen LogP contribution in [0.3, 0.4) is 0 Å². The van der Waals surface area contributed by atoms with Crippen LogP contribution in [0.25, 0.3) is 22.0 Å². The second kappa shape index (κ2) is 7.26. The quantitative estimate of drug-likeness (QED) is 0.486. The summed E-state index contributed by atoms with van der Waals surface area (Å²) in [6.45, 7) is 2.67. The predicted octanol–water partition coefficient (Wildman–Crippen LogP) is 5.02. The van der Waals surface area contributed by atoms with E-state index in [1.807, 2.05) is 30.3 Å². The number of aromatic nitrogens is 2. The lowest BCUT2D eigenvalue weighted by atomic mass is 10.0. The highest BCUT2D eigenvalue weighted by molar-refractivity contribution is 5.88. The standard InChI is InChI=1S/C24H21FN4/c1-28-12-13-29(20-8-9-21-17(15-20)4-2-5-22(21)25)24-10-7-18(14-19(24)16-28)23-6-3-11-26-27-23/h2-11,14-15H,12-13,16H2,1H3. The van der Waals surface area contributed by atoms with Crippen molar-refractivity contribution in [2.75, 3.05) is 25.0 Å². The molecular weight excluding hydrogens is 363 g/mol. The molecule has 0 bridgehead atoms. The van der Waals surface area contributed by atoms with Gasteiger partial charge in [-0.3, -0.25) is 0 Å². The van der Waals surface area contributed by atoms with Crippen LogP contribution in [0.2, 0.25) is 0 Å². The highest BCUT2D eigenvalue weighted by Gasteiger charge is 2.20. The van der Waals surface area contributed by atoms with Gasteiger partial charge >= 0.3 is 0 Å². The Kier molecular flexibility index (Phi) is 4.45. The Morgan fingerprint density at radius 2 is 1.86 bits per heavy atom. The van der Waals surface area contributed by atoms with Gasteiger partial charge in [-0.15, -0.1) is 0 Å². The molecule has 0 fully saturated rings. The van der Waals surface area contributed by atoms with Crippen LogP contribution >= 0.6 is 0 Å². The van der Waals surface area contributed by atoms with Gasteiger partial charge in [0.2, 0.25) is 0 Å². The number of nitrogens with zero attached hydrogens (tertiary/aromatic N) is 4. The average Bonchev–Trinajstić information content (AvgIpc) is 2.92. The number of halogens is 1. The van der Waals surface area contributed by atoms with Crippen LogP contribution < -0.4 is 4.90 Å². The van der Waals surface area contributed by atoms with Crippen LogP contribution in [0.5, 0.6) is 0 Å². The summed E-state index contributed by atoms with van der Waals surface area (Å²) < 4.78 is 14.1. The molecule has 0 aliphatic carbocycles. The van der Waals surface area contributed by atoms with Gasteiger partial charge in [-0.05, 0) is 66.5 Å². The van der Waals surface area contributed by atoms with Gasteiger partial charge in [0, 0.05) is 48.2 Å². The smallest absolute Gasteiger partial charge is 0.131 e. The monoisotopic (exact) mass is 384 g/mol. The second-order valence-corrected chi connectivity index (χ2v) is 7.49. The van der Waals surface area contributed by atoms with Crippen molar-refractivity contribution in [3.8, 4) is 11.3 Å². The molecule has 0 spiro atoms. The number of fused-ring (bicyclic) bond motifs is 2. The van der Waals surface area contributed by atoms with E-state index < -0.39 is 0 Å². The molecule has 0 N–H and O–H groups in total. The van der Waals surface area contributed by atoms with E-state index in [0.29, 0.717) is 5.39 Å². The SMILES string of the molecule is CN1CCN(c2ccc3c(F)cccc3c2)c2ccc(-c3cccnn3)cc2C1. The minimum Gasteiger partial charge on any atom is -0.340 e. The Balaban J connectivity index is 1.60. The molecular formula is C24H21FN4. The highest BCUT2D eigenvalue weighted by Crippen LogP contribution is 2.35. The van der Waals surface area contributed by atoms with Crippen LogP contribution in [0, 0.1) is 5.82 Å². The summed E-state index contributed by atoms with van der Waals surface area (Å²) in [5.41, 5.74) is 5.43. The topological polar surface area (TPSA) is 32.3 Å². The van der Waals surface area contributed by atoms with Crippen molar-refractivity contribution in [3.05, 3.63) is 84.3 Å². The van der Waals surface area contributed by atoms with E-state index in [0.717, 1.165) is 42.0 Å². The summed E-state index contributed by atoms with van der Waals surface area (Å²) in [6.07, 6.45) is 1.69. The van der Waals surface area contributed by atoms with Crippen molar-refractivity contribution in [1.82, 2.24) is 15.1 Å². The molecule has 0 radical (unpaired) electrons. The van der Waals surface area contributed by atoms with Gasteiger partial charge < -0.3 is 9.80 Å². The Morgan fingerprint density at radius 1 is 0.931 bits per heavy atom. The molecule has 4 nitrogen and oxygen atoms in total. The zero-order valence-electron chi connectivity index (χ0n) is 16.2. The predicted molar refractivity (Wildman–Crippen MR) is 115 cm³/mol. The van der Waals surface area contributed by atoms with Crippen LogP contribution in [-0.4, -0.2) is 35.2 Å². The molecule has 3 aromatic carbocycles. The van der Waals surface area contributed by atoms with E-state index in [1.54, 1.807) is 12.3 Å². The second-order valence-electron chi connectivity index (χ2n) is 7.49. The summed E-state index contributed by atoms with van der Waals surface area (Å²) in [6, 6.07) is 21.5. The number of anilines is 2. The van der Waals surface area contributed by atoms with E-state index in [9.17, 15) is 4.39 Å². The van der Waals surface area contributed by atoms with Crippen molar-refractivity contribution >= 4 is 22.1 Å². The first-order valence-corrected chi connectivity index (χ1v) is 9.74. The average molecular weight is 384 g/mol. The third-order valence-electron chi connectivity index (χ3n) is 5.51. The van der Waals surface area contributed by atoms with Crippen molar-refractivity contribution in [1.29, 1.82) is 0 Å². The van der Waals surface area contributed by atoms with Gasteiger partial charge in [-0.2, -0.15) is 10.2 Å². The molecule has 1 aliphatic heterocycles. The van der Waals surface area contributed by atoms with Gasteiger partial charge in [0.25, 0.3) is 0 Å². The number of rotatable bonds is 2. The number of hydrogen-bond acceptors (Lipinski definition) is 4. The summed E-state index contributed by atoms with van der Waals surface area (Å²) in [5.74, 6) is -0.182. The fourth-order valence-corrected chi connectivity index (χ4v) is 4.02. The van der Waals surface area contributed by atoms with Crippen LogP contribution in [0.15, 0.2) is 72.9 Å². The lowest BCUT2D eigenvalue weighted by Crippen LogP contribution is -2.26. The largest absolute Gasteiger partial charge is 0.340 e.